The third-order valence-corrected chi connectivity index (χ3v) is 4.85. The molecule has 7 heteroatoms. The van der Waals surface area contributed by atoms with Crippen LogP contribution in [0.1, 0.15) is 10.4 Å². The van der Waals surface area contributed by atoms with Crippen LogP contribution in [0.4, 0.5) is 5.69 Å². The highest BCUT2D eigenvalue weighted by Crippen LogP contribution is 2.24. The Morgan fingerprint density at radius 1 is 1.22 bits per heavy atom. The summed E-state index contributed by atoms with van der Waals surface area (Å²) in [5.74, 6) is -0.560. The van der Waals surface area contributed by atoms with Crippen molar-refractivity contribution in [2.24, 2.45) is 0 Å². The Kier molecular flexibility index (Phi) is 5.93. The van der Waals surface area contributed by atoms with E-state index in [1.165, 1.54) is 18.9 Å². The number of rotatable bonds is 7. The number of fused-ring (bicyclic) bond motifs is 1. The first-order valence-corrected chi connectivity index (χ1v) is 9.28. The maximum Gasteiger partial charge on any atom is 0.339 e. The lowest BCUT2D eigenvalue weighted by atomic mass is 10.2. The summed E-state index contributed by atoms with van der Waals surface area (Å²) in [5.41, 5.74) is 2.61. The van der Waals surface area contributed by atoms with Gasteiger partial charge in [0.05, 0.1) is 35.1 Å². The molecule has 1 N–H and O–H groups in total. The average molecular weight is 381 g/mol. The van der Waals surface area contributed by atoms with Crippen molar-refractivity contribution in [2.75, 3.05) is 18.2 Å². The van der Waals surface area contributed by atoms with Crippen molar-refractivity contribution in [3.63, 3.8) is 0 Å². The third-order valence-electron chi connectivity index (χ3n) is 3.87. The Balaban J connectivity index is 1.73. The van der Waals surface area contributed by atoms with Crippen molar-refractivity contribution >= 4 is 40.4 Å². The number of esters is 1. The molecule has 0 radical (unpaired) electrons. The zero-order valence-corrected chi connectivity index (χ0v) is 15.7. The highest BCUT2D eigenvalue weighted by atomic mass is 32.2. The van der Waals surface area contributed by atoms with E-state index >= 15 is 0 Å². The molecule has 0 unspecified atom stereocenters. The molecule has 138 valence electrons. The van der Waals surface area contributed by atoms with Crippen LogP contribution in [0.25, 0.3) is 11.0 Å². The van der Waals surface area contributed by atoms with Gasteiger partial charge in [-0.2, -0.15) is 0 Å². The predicted octanol–water partition coefficient (Wildman–Crippen LogP) is 3.74. The molecule has 1 heterocycles. The molecule has 1 aromatic heterocycles. The average Bonchev–Trinajstić information content (AvgIpc) is 3.04. The topological polar surface area (TPSA) is 73.2 Å². The van der Waals surface area contributed by atoms with E-state index in [1.54, 1.807) is 30.3 Å². The van der Waals surface area contributed by atoms with Crippen molar-refractivity contribution < 1.29 is 14.3 Å². The molecule has 0 saturated heterocycles. The molecule has 0 bridgehead atoms. The molecule has 0 spiro atoms. The molecular formula is C20H19N3O3S. The van der Waals surface area contributed by atoms with Crippen LogP contribution >= 0.6 is 11.8 Å². The molecule has 0 fully saturated rings. The number of para-hydroxylation sites is 3. The normalized spacial score (nSPS) is 10.6. The fraction of sp³-hybridized carbons (Fsp3) is 0.150. The number of hydrogen-bond donors (Lipinski definition) is 1. The highest BCUT2D eigenvalue weighted by molar-refractivity contribution is 7.99. The van der Waals surface area contributed by atoms with E-state index in [4.69, 9.17) is 4.74 Å². The summed E-state index contributed by atoms with van der Waals surface area (Å²) in [6.07, 6.45) is 1.80. The van der Waals surface area contributed by atoms with Gasteiger partial charge in [0.1, 0.15) is 0 Å². The monoisotopic (exact) mass is 381 g/mol. The molecule has 6 nitrogen and oxygen atoms in total. The molecule has 0 atom stereocenters. The van der Waals surface area contributed by atoms with E-state index in [9.17, 15) is 9.59 Å². The summed E-state index contributed by atoms with van der Waals surface area (Å²) in [7, 11) is 1.31. The van der Waals surface area contributed by atoms with Gasteiger partial charge in [-0.3, -0.25) is 4.79 Å². The minimum atomic E-state index is -0.494. The Hall–Kier alpha value is -3.06. The molecule has 1 amide bonds. The first-order valence-electron chi connectivity index (χ1n) is 8.30. The molecule has 0 aliphatic rings. The van der Waals surface area contributed by atoms with Gasteiger partial charge in [-0.05, 0) is 24.3 Å². The number of carbonyl (C=O) groups excluding carboxylic acids is 2. The van der Waals surface area contributed by atoms with Gasteiger partial charge < -0.3 is 14.6 Å². The highest BCUT2D eigenvalue weighted by Gasteiger charge is 2.15. The van der Waals surface area contributed by atoms with E-state index in [0.29, 0.717) is 17.8 Å². The molecule has 0 aliphatic heterocycles. The summed E-state index contributed by atoms with van der Waals surface area (Å²) in [5, 5.41) is 3.51. The smallest absolute Gasteiger partial charge is 0.339 e. The maximum absolute atomic E-state index is 12.4. The number of aromatic nitrogens is 2. The summed E-state index contributed by atoms with van der Waals surface area (Å²) in [6.45, 7) is 4.39. The molecule has 3 rings (SSSR count). The summed E-state index contributed by atoms with van der Waals surface area (Å²) >= 11 is 1.34. The molecule has 3 aromatic rings. The van der Waals surface area contributed by atoms with Crippen LogP contribution < -0.4 is 5.32 Å². The lowest BCUT2D eigenvalue weighted by Crippen LogP contribution is -2.17. The van der Waals surface area contributed by atoms with Crippen molar-refractivity contribution in [2.45, 2.75) is 11.7 Å². The SMILES string of the molecule is C=CCn1c(SCC(=O)Nc2ccccc2C(=O)OC)nc2ccccc21. The fourth-order valence-corrected chi connectivity index (χ4v) is 3.49. The van der Waals surface area contributed by atoms with Crippen LogP contribution in [-0.4, -0.2) is 34.3 Å². The quantitative estimate of drug-likeness (QED) is 0.383. The van der Waals surface area contributed by atoms with Crippen molar-refractivity contribution in [3.8, 4) is 0 Å². The second kappa shape index (κ2) is 8.55. The van der Waals surface area contributed by atoms with Crippen LogP contribution in [-0.2, 0) is 16.1 Å². The van der Waals surface area contributed by atoms with Gasteiger partial charge in [-0.25, -0.2) is 9.78 Å². The summed E-state index contributed by atoms with van der Waals surface area (Å²) < 4.78 is 6.76. The number of amides is 1. The number of thioether (sulfide) groups is 1. The molecular weight excluding hydrogens is 362 g/mol. The van der Waals surface area contributed by atoms with Crippen LogP contribution in [0, 0.1) is 0 Å². The van der Waals surface area contributed by atoms with E-state index in [1.807, 2.05) is 28.8 Å². The van der Waals surface area contributed by atoms with Crippen LogP contribution in [0.2, 0.25) is 0 Å². The van der Waals surface area contributed by atoms with E-state index in [0.717, 1.165) is 16.2 Å². The second-order valence-electron chi connectivity index (χ2n) is 5.66. The Morgan fingerprint density at radius 3 is 2.74 bits per heavy atom. The van der Waals surface area contributed by atoms with Gasteiger partial charge in [0.15, 0.2) is 5.16 Å². The predicted molar refractivity (Wildman–Crippen MR) is 107 cm³/mol. The first kappa shape index (κ1) is 18.7. The number of ether oxygens (including phenoxy) is 1. The Bertz CT molecular complexity index is 997. The number of imidazole rings is 1. The van der Waals surface area contributed by atoms with Crippen LogP contribution in [0.15, 0.2) is 66.3 Å². The minimum absolute atomic E-state index is 0.163. The van der Waals surface area contributed by atoms with Crippen molar-refractivity contribution in [1.82, 2.24) is 9.55 Å². The lowest BCUT2D eigenvalue weighted by molar-refractivity contribution is -0.113. The minimum Gasteiger partial charge on any atom is -0.465 e. The van der Waals surface area contributed by atoms with Gasteiger partial charge in [-0.15, -0.1) is 6.58 Å². The van der Waals surface area contributed by atoms with Gasteiger partial charge in [-0.1, -0.05) is 42.1 Å². The zero-order valence-electron chi connectivity index (χ0n) is 14.8. The van der Waals surface area contributed by atoms with Gasteiger partial charge in [0, 0.05) is 6.54 Å². The number of nitrogens with zero attached hydrogens (tertiary/aromatic N) is 2. The zero-order chi connectivity index (χ0) is 19.2. The number of benzene rings is 2. The van der Waals surface area contributed by atoms with E-state index in [-0.39, 0.29) is 11.7 Å². The van der Waals surface area contributed by atoms with Gasteiger partial charge in [0.25, 0.3) is 0 Å². The first-order chi connectivity index (χ1) is 13.1. The van der Waals surface area contributed by atoms with E-state index < -0.39 is 5.97 Å². The van der Waals surface area contributed by atoms with Crippen molar-refractivity contribution in [1.29, 1.82) is 0 Å². The molecule has 2 aromatic carbocycles. The number of carbonyl (C=O) groups is 2. The number of allylic oxidation sites excluding steroid dienone is 1. The third kappa shape index (κ3) is 4.20. The standard InChI is InChI=1S/C20H19N3O3S/c1-3-12-23-17-11-7-6-10-16(17)22-20(23)27-13-18(24)21-15-9-5-4-8-14(15)19(25)26-2/h3-11H,1,12-13H2,2H3,(H,21,24). The van der Waals surface area contributed by atoms with E-state index in [2.05, 4.69) is 16.9 Å². The molecule has 0 saturated carbocycles. The summed E-state index contributed by atoms with van der Waals surface area (Å²) in [4.78, 5) is 28.8. The summed E-state index contributed by atoms with van der Waals surface area (Å²) in [6, 6.07) is 14.5. The van der Waals surface area contributed by atoms with Gasteiger partial charge >= 0.3 is 5.97 Å². The largest absolute Gasteiger partial charge is 0.465 e. The van der Waals surface area contributed by atoms with Gasteiger partial charge in [0.2, 0.25) is 5.91 Å². The Morgan fingerprint density at radius 2 is 1.96 bits per heavy atom. The lowest BCUT2D eigenvalue weighted by Gasteiger charge is -2.10. The molecule has 0 aliphatic carbocycles. The number of hydrogen-bond acceptors (Lipinski definition) is 5. The second-order valence-corrected chi connectivity index (χ2v) is 6.60. The number of methoxy groups -OCH3 is 1. The molecule has 27 heavy (non-hydrogen) atoms. The fourth-order valence-electron chi connectivity index (χ4n) is 2.67. The van der Waals surface area contributed by atoms with Crippen molar-refractivity contribution in [3.05, 3.63) is 66.7 Å². The van der Waals surface area contributed by atoms with Crippen LogP contribution in [0.3, 0.4) is 0 Å². The Labute approximate surface area is 161 Å². The van der Waals surface area contributed by atoms with Crippen LogP contribution in [0.5, 0.6) is 0 Å². The number of nitrogens with one attached hydrogen (secondary N) is 1. The number of anilines is 1. The maximum atomic E-state index is 12.4.